The molecule has 0 bridgehead atoms. The molecule has 3 heterocycles. The monoisotopic (exact) mass is 254 g/mol. The van der Waals surface area contributed by atoms with E-state index in [4.69, 9.17) is 14.9 Å². The summed E-state index contributed by atoms with van der Waals surface area (Å²) in [6, 6.07) is -1.32. The molecule has 0 radical (unpaired) electrons. The quantitative estimate of drug-likeness (QED) is 0.597. The van der Waals surface area contributed by atoms with Crippen LogP contribution in [-0.4, -0.2) is 62.7 Å². The molecule has 3 aliphatic heterocycles. The highest BCUT2D eigenvalue weighted by Gasteiger charge is 2.65. The molecule has 2 saturated heterocycles. The molecule has 18 heavy (non-hydrogen) atoms. The van der Waals surface area contributed by atoms with E-state index in [0.29, 0.717) is 0 Å². The minimum absolute atomic E-state index is 0.0805. The second-order valence-electron chi connectivity index (χ2n) is 4.44. The predicted molar refractivity (Wildman–Crippen MR) is 54.4 cm³/mol. The SMILES string of the molecule is CC1=C(C(=O)O)N2C(=O)[C@@H]3[C@@H]2[C@@H](CN3C(=O)O)O1. The molecule has 2 fully saturated rings. The van der Waals surface area contributed by atoms with Gasteiger partial charge >= 0.3 is 12.1 Å². The molecular weight excluding hydrogens is 244 g/mol. The summed E-state index contributed by atoms with van der Waals surface area (Å²) in [6.07, 6.45) is -1.67. The van der Waals surface area contributed by atoms with Crippen LogP contribution in [0.2, 0.25) is 0 Å². The van der Waals surface area contributed by atoms with Crippen molar-refractivity contribution in [2.24, 2.45) is 0 Å². The fourth-order valence-corrected chi connectivity index (χ4v) is 2.87. The van der Waals surface area contributed by atoms with Crippen molar-refractivity contribution in [2.45, 2.75) is 25.1 Å². The summed E-state index contributed by atoms with van der Waals surface area (Å²) < 4.78 is 5.41. The van der Waals surface area contributed by atoms with E-state index in [1.807, 2.05) is 0 Å². The van der Waals surface area contributed by atoms with Crippen LogP contribution in [0.25, 0.3) is 0 Å². The summed E-state index contributed by atoms with van der Waals surface area (Å²) in [5, 5.41) is 18.0. The van der Waals surface area contributed by atoms with Gasteiger partial charge in [0.15, 0.2) is 5.70 Å². The van der Waals surface area contributed by atoms with E-state index in [1.54, 1.807) is 0 Å². The summed E-state index contributed by atoms with van der Waals surface area (Å²) in [5.41, 5.74) is -0.190. The van der Waals surface area contributed by atoms with Crippen molar-refractivity contribution in [3.63, 3.8) is 0 Å². The number of carbonyl (C=O) groups is 3. The van der Waals surface area contributed by atoms with Crippen LogP contribution in [0.3, 0.4) is 0 Å². The number of carboxylic acid groups (broad SMARTS) is 2. The van der Waals surface area contributed by atoms with E-state index in [0.717, 1.165) is 9.80 Å². The normalized spacial score (nSPS) is 32.9. The van der Waals surface area contributed by atoms with E-state index in [-0.39, 0.29) is 18.0 Å². The van der Waals surface area contributed by atoms with Crippen molar-refractivity contribution >= 4 is 18.0 Å². The average molecular weight is 254 g/mol. The number of hydrogen-bond acceptors (Lipinski definition) is 4. The molecule has 2 amide bonds. The van der Waals surface area contributed by atoms with E-state index < -0.39 is 36.2 Å². The molecular formula is C10H10N2O6. The number of amides is 2. The van der Waals surface area contributed by atoms with Crippen molar-refractivity contribution in [1.82, 2.24) is 9.80 Å². The molecule has 3 rings (SSSR count). The number of likely N-dealkylation sites (tertiary alicyclic amines) is 1. The van der Waals surface area contributed by atoms with Gasteiger partial charge in [-0.1, -0.05) is 0 Å². The van der Waals surface area contributed by atoms with E-state index in [2.05, 4.69) is 0 Å². The summed E-state index contributed by atoms with van der Waals surface area (Å²) in [4.78, 5) is 36.1. The van der Waals surface area contributed by atoms with Crippen LogP contribution in [-0.2, 0) is 14.3 Å². The second-order valence-corrected chi connectivity index (χ2v) is 4.44. The van der Waals surface area contributed by atoms with Crippen LogP contribution >= 0.6 is 0 Å². The molecule has 0 aromatic heterocycles. The van der Waals surface area contributed by atoms with Crippen LogP contribution in [0.4, 0.5) is 4.79 Å². The highest BCUT2D eigenvalue weighted by molar-refractivity contribution is 6.01. The number of rotatable bonds is 1. The number of hydrogen-bond donors (Lipinski definition) is 2. The molecule has 2 N–H and O–H groups in total. The number of nitrogens with zero attached hydrogens (tertiary/aromatic N) is 2. The van der Waals surface area contributed by atoms with Crippen LogP contribution in [0.15, 0.2) is 11.5 Å². The maximum Gasteiger partial charge on any atom is 0.408 e. The predicted octanol–water partition coefficient (Wildman–Crippen LogP) is -0.726. The van der Waals surface area contributed by atoms with E-state index >= 15 is 0 Å². The first-order valence-electron chi connectivity index (χ1n) is 5.37. The lowest BCUT2D eigenvalue weighted by molar-refractivity contribution is -0.161. The van der Waals surface area contributed by atoms with Gasteiger partial charge in [0.2, 0.25) is 0 Å². The number of allylic oxidation sites excluding steroid dienone is 1. The molecule has 0 spiro atoms. The first kappa shape index (κ1) is 10.9. The van der Waals surface area contributed by atoms with Crippen molar-refractivity contribution in [1.29, 1.82) is 0 Å². The highest BCUT2D eigenvalue weighted by atomic mass is 16.5. The van der Waals surface area contributed by atoms with Gasteiger partial charge in [-0.15, -0.1) is 0 Å². The van der Waals surface area contributed by atoms with Gasteiger partial charge in [0.05, 0.1) is 6.54 Å². The van der Waals surface area contributed by atoms with Crippen molar-refractivity contribution in [2.75, 3.05) is 6.54 Å². The Bertz CT molecular complexity index is 512. The van der Waals surface area contributed by atoms with Gasteiger partial charge in [0, 0.05) is 0 Å². The van der Waals surface area contributed by atoms with Gasteiger partial charge < -0.3 is 14.9 Å². The lowest BCUT2D eigenvalue weighted by Crippen LogP contribution is -2.70. The topological polar surface area (TPSA) is 107 Å². The summed E-state index contributed by atoms with van der Waals surface area (Å²) >= 11 is 0. The standard InChI is InChI=1S/C10H10N2O6/c1-3-5(9(14)15)12-6-4(18-3)2-11(10(16)17)7(6)8(12)13/h4,6-7H,2H2,1H3,(H,14,15)(H,16,17)/t4-,6+,7+/m1/s1. The first-order chi connectivity index (χ1) is 8.43. The molecule has 8 heteroatoms. The molecule has 0 aromatic rings. The zero-order valence-electron chi connectivity index (χ0n) is 9.36. The number of carbonyl (C=O) groups excluding carboxylic acids is 1. The largest absolute Gasteiger partial charge is 0.488 e. The van der Waals surface area contributed by atoms with E-state index in [1.165, 1.54) is 6.92 Å². The van der Waals surface area contributed by atoms with Gasteiger partial charge in [-0.25, -0.2) is 9.59 Å². The maximum atomic E-state index is 11.9. The minimum Gasteiger partial charge on any atom is -0.488 e. The summed E-state index contributed by atoms with van der Waals surface area (Å²) in [5.74, 6) is -1.60. The van der Waals surface area contributed by atoms with Crippen LogP contribution in [0.1, 0.15) is 6.92 Å². The first-order valence-corrected chi connectivity index (χ1v) is 5.37. The van der Waals surface area contributed by atoms with Crippen LogP contribution in [0.5, 0.6) is 0 Å². The second kappa shape index (κ2) is 3.15. The Morgan fingerprint density at radius 2 is 2.06 bits per heavy atom. The highest BCUT2D eigenvalue weighted by Crippen LogP contribution is 2.42. The number of aliphatic carboxylic acids is 1. The van der Waals surface area contributed by atoms with Gasteiger partial charge in [0.1, 0.15) is 23.9 Å². The number of ether oxygens (including phenoxy) is 1. The number of β-lactam (4-membered cyclic amide) rings is 1. The third kappa shape index (κ3) is 1.07. The molecule has 96 valence electrons. The van der Waals surface area contributed by atoms with Crippen LogP contribution in [0, 0.1) is 0 Å². The van der Waals surface area contributed by atoms with Crippen molar-refractivity contribution < 1.29 is 29.3 Å². The smallest absolute Gasteiger partial charge is 0.408 e. The summed E-state index contributed by atoms with van der Waals surface area (Å²) in [7, 11) is 0. The lowest BCUT2D eigenvalue weighted by atomic mass is 9.91. The molecule has 0 aromatic carbocycles. The average Bonchev–Trinajstić information content (AvgIpc) is 2.63. The van der Waals surface area contributed by atoms with Crippen molar-refractivity contribution in [3.05, 3.63) is 11.5 Å². The Kier molecular flexibility index (Phi) is 1.90. The summed E-state index contributed by atoms with van der Waals surface area (Å²) in [6.45, 7) is 1.54. The Balaban J connectivity index is 2.00. The fourth-order valence-electron chi connectivity index (χ4n) is 2.87. The minimum atomic E-state index is -1.24. The molecule has 3 aliphatic rings. The fraction of sp³-hybridized carbons (Fsp3) is 0.500. The molecule has 3 atom stereocenters. The molecule has 0 saturated carbocycles. The molecule has 0 aliphatic carbocycles. The Hall–Kier alpha value is -2.25. The zero-order valence-corrected chi connectivity index (χ0v) is 9.36. The third-order valence-corrected chi connectivity index (χ3v) is 3.56. The Morgan fingerprint density at radius 1 is 1.39 bits per heavy atom. The van der Waals surface area contributed by atoms with E-state index in [9.17, 15) is 14.4 Å². The Morgan fingerprint density at radius 3 is 2.61 bits per heavy atom. The van der Waals surface area contributed by atoms with Gasteiger partial charge in [-0.05, 0) is 6.92 Å². The maximum absolute atomic E-state index is 11.9. The molecule has 8 nitrogen and oxygen atoms in total. The van der Waals surface area contributed by atoms with Crippen molar-refractivity contribution in [3.8, 4) is 0 Å². The van der Waals surface area contributed by atoms with Crippen LogP contribution < -0.4 is 0 Å². The van der Waals surface area contributed by atoms with Gasteiger partial charge in [-0.3, -0.25) is 14.6 Å². The number of carboxylic acids is 1. The Labute approximate surface area is 101 Å². The molecule has 0 unspecified atom stereocenters. The zero-order chi connectivity index (χ0) is 13.2. The van der Waals surface area contributed by atoms with Gasteiger partial charge in [-0.2, -0.15) is 0 Å². The van der Waals surface area contributed by atoms with Gasteiger partial charge in [0.25, 0.3) is 5.91 Å². The third-order valence-electron chi connectivity index (χ3n) is 3.56. The lowest BCUT2D eigenvalue weighted by Gasteiger charge is -2.48.